The smallest absolute Gasteiger partial charge is 0.338 e. The van der Waals surface area contributed by atoms with Gasteiger partial charge in [0.1, 0.15) is 0 Å². The van der Waals surface area contributed by atoms with Gasteiger partial charge in [-0.05, 0) is 24.8 Å². The molecule has 19 heavy (non-hydrogen) atoms. The number of hydrogen-bond acceptors (Lipinski definition) is 4. The standard InChI is InChI=1S/C15H21NO3/c1-18-15(17)13-8-9-16-14(10-13)19-11-12-6-4-2-3-5-7-12/h8-10,12H,2-7,11H2,1H3. The summed E-state index contributed by atoms with van der Waals surface area (Å²) in [6.07, 6.45) is 9.31. The molecule has 0 N–H and O–H groups in total. The Kier molecular flexibility index (Phi) is 5.19. The summed E-state index contributed by atoms with van der Waals surface area (Å²) in [5, 5.41) is 0. The lowest BCUT2D eigenvalue weighted by molar-refractivity contribution is 0.0600. The summed E-state index contributed by atoms with van der Waals surface area (Å²) in [5.74, 6) is 0.764. The van der Waals surface area contributed by atoms with Crippen molar-refractivity contribution in [3.8, 4) is 5.88 Å². The summed E-state index contributed by atoms with van der Waals surface area (Å²) in [7, 11) is 1.37. The highest BCUT2D eigenvalue weighted by molar-refractivity contribution is 5.89. The van der Waals surface area contributed by atoms with Crippen molar-refractivity contribution in [3.63, 3.8) is 0 Å². The van der Waals surface area contributed by atoms with Crippen LogP contribution in [0.3, 0.4) is 0 Å². The van der Waals surface area contributed by atoms with E-state index >= 15 is 0 Å². The van der Waals surface area contributed by atoms with E-state index in [2.05, 4.69) is 9.72 Å². The van der Waals surface area contributed by atoms with E-state index < -0.39 is 0 Å². The SMILES string of the molecule is COC(=O)c1ccnc(OCC2CCCCCC2)c1. The molecule has 4 nitrogen and oxygen atoms in total. The first-order valence-corrected chi connectivity index (χ1v) is 6.97. The lowest BCUT2D eigenvalue weighted by atomic mass is 10.0. The van der Waals surface area contributed by atoms with Crippen LogP contribution in [0.25, 0.3) is 0 Å². The van der Waals surface area contributed by atoms with E-state index in [1.54, 1.807) is 18.3 Å². The fourth-order valence-corrected chi connectivity index (χ4v) is 2.47. The van der Waals surface area contributed by atoms with Gasteiger partial charge < -0.3 is 9.47 Å². The monoisotopic (exact) mass is 263 g/mol. The summed E-state index contributed by atoms with van der Waals surface area (Å²) < 4.78 is 10.4. The maximum Gasteiger partial charge on any atom is 0.338 e. The number of methoxy groups -OCH3 is 1. The van der Waals surface area contributed by atoms with Crippen LogP contribution in [0.15, 0.2) is 18.3 Å². The highest BCUT2D eigenvalue weighted by atomic mass is 16.5. The molecule has 4 heteroatoms. The molecular weight excluding hydrogens is 242 g/mol. The van der Waals surface area contributed by atoms with E-state index in [0.29, 0.717) is 24.0 Å². The van der Waals surface area contributed by atoms with Crippen LogP contribution in [0, 0.1) is 5.92 Å². The molecule has 1 aromatic heterocycles. The second-order valence-electron chi connectivity index (χ2n) is 5.04. The van der Waals surface area contributed by atoms with Crippen molar-refractivity contribution in [1.29, 1.82) is 0 Å². The molecule has 1 fully saturated rings. The molecular formula is C15H21NO3. The van der Waals surface area contributed by atoms with Crippen LogP contribution in [0.1, 0.15) is 48.9 Å². The maximum absolute atomic E-state index is 11.4. The van der Waals surface area contributed by atoms with E-state index in [-0.39, 0.29) is 5.97 Å². The van der Waals surface area contributed by atoms with E-state index in [0.717, 1.165) is 0 Å². The lowest BCUT2D eigenvalue weighted by Crippen LogP contribution is -2.12. The molecule has 0 unspecified atom stereocenters. The summed E-state index contributed by atoms with van der Waals surface area (Å²) in [6.45, 7) is 0.692. The Hall–Kier alpha value is -1.58. The van der Waals surface area contributed by atoms with Crippen LogP contribution in [-0.4, -0.2) is 24.7 Å². The van der Waals surface area contributed by atoms with Crippen molar-refractivity contribution in [3.05, 3.63) is 23.9 Å². The number of rotatable bonds is 4. The molecule has 1 aliphatic carbocycles. The minimum Gasteiger partial charge on any atom is -0.477 e. The third-order valence-corrected chi connectivity index (χ3v) is 3.60. The zero-order chi connectivity index (χ0) is 13.5. The average molecular weight is 263 g/mol. The molecule has 0 radical (unpaired) electrons. The molecule has 104 valence electrons. The van der Waals surface area contributed by atoms with Crippen molar-refractivity contribution in [2.75, 3.05) is 13.7 Å². The van der Waals surface area contributed by atoms with Crippen LogP contribution in [-0.2, 0) is 4.74 Å². The van der Waals surface area contributed by atoms with Gasteiger partial charge in [0.15, 0.2) is 0 Å². The third kappa shape index (κ3) is 4.23. The summed E-state index contributed by atoms with van der Waals surface area (Å²) in [4.78, 5) is 15.5. The highest BCUT2D eigenvalue weighted by Gasteiger charge is 2.14. The highest BCUT2D eigenvalue weighted by Crippen LogP contribution is 2.23. The van der Waals surface area contributed by atoms with E-state index in [4.69, 9.17) is 4.74 Å². The quantitative estimate of drug-likeness (QED) is 0.618. The summed E-state index contributed by atoms with van der Waals surface area (Å²) in [6, 6.07) is 3.27. The first-order chi connectivity index (χ1) is 9.29. The molecule has 0 spiro atoms. The average Bonchev–Trinajstić information content (AvgIpc) is 2.73. The number of pyridine rings is 1. The van der Waals surface area contributed by atoms with Gasteiger partial charge in [0.25, 0.3) is 0 Å². The van der Waals surface area contributed by atoms with Crippen LogP contribution < -0.4 is 4.74 Å². The van der Waals surface area contributed by atoms with Gasteiger partial charge in [-0.25, -0.2) is 9.78 Å². The molecule has 0 aromatic carbocycles. The fourth-order valence-electron chi connectivity index (χ4n) is 2.47. The molecule has 0 amide bonds. The summed E-state index contributed by atoms with van der Waals surface area (Å²) >= 11 is 0. The maximum atomic E-state index is 11.4. The van der Waals surface area contributed by atoms with Crippen LogP contribution in [0.4, 0.5) is 0 Å². The minimum atomic E-state index is -0.360. The van der Waals surface area contributed by atoms with Crippen molar-refractivity contribution in [2.45, 2.75) is 38.5 Å². The molecule has 1 saturated carbocycles. The zero-order valence-corrected chi connectivity index (χ0v) is 11.4. The molecule has 1 heterocycles. The number of esters is 1. The van der Waals surface area contributed by atoms with Crippen molar-refractivity contribution < 1.29 is 14.3 Å². The van der Waals surface area contributed by atoms with Gasteiger partial charge in [0.05, 0.1) is 19.3 Å². The first-order valence-electron chi connectivity index (χ1n) is 6.97. The minimum absolute atomic E-state index is 0.360. The van der Waals surface area contributed by atoms with Gasteiger partial charge in [-0.2, -0.15) is 0 Å². The molecule has 1 aromatic rings. The predicted octanol–water partition coefficient (Wildman–Crippen LogP) is 3.22. The zero-order valence-electron chi connectivity index (χ0n) is 11.4. The first kappa shape index (κ1) is 13.8. The van der Waals surface area contributed by atoms with Gasteiger partial charge in [0, 0.05) is 12.3 Å². The van der Waals surface area contributed by atoms with Gasteiger partial charge in [-0.1, -0.05) is 25.7 Å². The molecule has 0 saturated heterocycles. The Bertz CT molecular complexity index is 412. The molecule has 1 aliphatic rings. The Labute approximate surface area is 114 Å². The molecule has 0 bridgehead atoms. The second-order valence-corrected chi connectivity index (χ2v) is 5.04. The Morgan fingerprint density at radius 2 is 2.05 bits per heavy atom. The van der Waals surface area contributed by atoms with Gasteiger partial charge in [-0.3, -0.25) is 0 Å². The van der Waals surface area contributed by atoms with Crippen molar-refractivity contribution >= 4 is 5.97 Å². The van der Waals surface area contributed by atoms with Crippen LogP contribution in [0.5, 0.6) is 5.88 Å². The largest absolute Gasteiger partial charge is 0.477 e. The lowest BCUT2D eigenvalue weighted by Gasteiger charge is -2.14. The van der Waals surface area contributed by atoms with Crippen molar-refractivity contribution in [2.24, 2.45) is 5.92 Å². The predicted molar refractivity (Wildman–Crippen MR) is 72.3 cm³/mol. The fraction of sp³-hybridized carbons (Fsp3) is 0.600. The van der Waals surface area contributed by atoms with E-state index in [1.807, 2.05) is 0 Å². The number of carbonyl (C=O) groups is 1. The summed E-state index contributed by atoms with van der Waals surface area (Å²) in [5.41, 5.74) is 0.480. The molecule has 0 aliphatic heterocycles. The number of nitrogens with zero attached hydrogens (tertiary/aromatic N) is 1. The molecule has 0 atom stereocenters. The normalized spacial score (nSPS) is 16.7. The number of hydrogen-bond donors (Lipinski definition) is 0. The second kappa shape index (κ2) is 7.12. The van der Waals surface area contributed by atoms with Crippen LogP contribution in [0.2, 0.25) is 0 Å². The molecule has 2 rings (SSSR count). The van der Waals surface area contributed by atoms with E-state index in [1.165, 1.54) is 45.6 Å². The number of ether oxygens (including phenoxy) is 2. The van der Waals surface area contributed by atoms with Gasteiger partial charge in [-0.15, -0.1) is 0 Å². The van der Waals surface area contributed by atoms with Crippen molar-refractivity contribution in [1.82, 2.24) is 4.98 Å². The topological polar surface area (TPSA) is 48.4 Å². The van der Waals surface area contributed by atoms with Gasteiger partial charge >= 0.3 is 5.97 Å². The Morgan fingerprint density at radius 1 is 1.32 bits per heavy atom. The Morgan fingerprint density at radius 3 is 2.74 bits per heavy atom. The van der Waals surface area contributed by atoms with Gasteiger partial charge in [0.2, 0.25) is 5.88 Å². The Balaban J connectivity index is 1.89. The van der Waals surface area contributed by atoms with E-state index in [9.17, 15) is 4.79 Å². The van der Waals surface area contributed by atoms with Crippen LogP contribution >= 0.6 is 0 Å². The number of aromatic nitrogens is 1. The third-order valence-electron chi connectivity index (χ3n) is 3.60. The number of carbonyl (C=O) groups excluding carboxylic acids is 1.